The molecule has 21 heavy (non-hydrogen) atoms. The van der Waals surface area contributed by atoms with E-state index in [-0.39, 0.29) is 5.92 Å². The molecule has 1 aromatic carbocycles. The second kappa shape index (κ2) is 6.10. The first-order chi connectivity index (χ1) is 10.2. The average Bonchev–Trinajstić information content (AvgIpc) is 3.03. The molecule has 0 saturated carbocycles. The number of carboxylic acids is 1. The Morgan fingerprint density at radius 1 is 1.24 bits per heavy atom. The van der Waals surface area contributed by atoms with Gasteiger partial charge in [-0.05, 0) is 49.7 Å². The van der Waals surface area contributed by atoms with Crippen molar-refractivity contribution < 1.29 is 9.90 Å². The summed E-state index contributed by atoms with van der Waals surface area (Å²) in [4.78, 5) is 13.3. The van der Waals surface area contributed by atoms with E-state index in [1.165, 1.54) is 5.56 Å². The Balaban J connectivity index is 1.58. The highest BCUT2D eigenvalue weighted by atomic mass is 16.4. The highest BCUT2D eigenvalue weighted by Gasteiger charge is 2.24. The fraction of sp³-hybridized carbons (Fsp3) is 0.375. The third-order valence-corrected chi connectivity index (χ3v) is 4.05. The van der Waals surface area contributed by atoms with Gasteiger partial charge in [0.1, 0.15) is 0 Å². The topological polar surface area (TPSA) is 58.4 Å². The number of piperidine rings is 1. The third-order valence-electron chi connectivity index (χ3n) is 4.05. The van der Waals surface area contributed by atoms with E-state index >= 15 is 0 Å². The van der Waals surface area contributed by atoms with Crippen LogP contribution in [0.2, 0.25) is 0 Å². The Kier molecular flexibility index (Phi) is 4.01. The van der Waals surface area contributed by atoms with Crippen LogP contribution in [0.1, 0.15) is 18.4 Å². The maximum Gasteiger partial charge on any atom is 0.306 e. The number of hydrogen-bond donors (Lipinski definition) is 1. The number of aliphatic carboxylic acids is 1. The van der Waals surface area contributed by atoms with E-state index in [0.29, 0.717) is 0 Å². The lowest BCUT2D eigenvalue weighted by Crippen LogP contribution is -2.35. The lowest BCUT2D eigenvalue weighted by molar-refractivity contribution is -0.143. The van der Waals surface area contributed by atoms with Gasteiger partial charge in [0.25, 0.3) is 0 Å². The van der Waals surface area contributed by atoms with Gasteiger partial charge in [-0.2, -0.15) is 5.10 Å². The molecule has 0 spiro atoms. The molecular formula is C16H19N3O2. The van der Waals surface area contributed by atoms with Gasteiger partial charge in [-0.15, -0.1) is 0 Å². The SMILES string of the molecule is O=C(O)C1CCN(Cc2ccc(-n3cccn3)cc2)CC1. The van der Waals surface area contributed by atoms with Gasteiger partial charge < -0.3 is 5.11 Å². The number of nitrogens with zero attached hydrogens (tertiary/aromatic N) is 3. The first-order valence-corrected chi connectivity index (χ1v) is 7.26. The molecule has 1 fully saturated rings. The van der Waals surface area contributed by atoms with E-state index in [4.69, 9.17) is 5.11 Å². The van der Waals surface area contributed by atoms with Crippen LogP contribution >= 0.6 is 0 Å². The second-order valence-corrected chi connectivity index (χ2v) is 5.51. The summed E-state index contributed by atoms with van der Waals surface area (Å²) in [5.41, 5.74) is 2.30. The molecule has 3 rings (SSSR count). The predicted molar refractivity (Wildman–Crippen MR) is 79.2 cm³/mol. The van der Waals surface area contributed by atoms with Crippen molar-refractivity contribution in [1.29, 1.82) is 0 Å². The Morgan fingerprint density at radius 2 is 1.95 bits per heavy atom. The fourth-order valence-corrected chi connectivity index (χ4v) is 2.77. The molecule has 1 N–H and O–H groups in total. The number of aromatic nitrogens is 2. The minimum atomic E-state index is -0.654. The summed E-state index contributed by atoms with van der Waals surface area (Å²) in [6.45, 7) is 2.60. The van der Waals surface area contributed by atoms with Crippen LogP contribution in [0.3, 0.4) is 0 Å². The number of rotatable bonds is 4. The van der Waals surface area contributed by atoms with Gasteiger partial charge in [-0.3, -0.25) is 9.69 Å². The van der Waals surface area contributed by atoms with Crippen molar-refractivity contribution in [3.8, 4) is 5.69 Å². The number of carboxylic acid groups (broad SMARTS) is 1. The van der Waals surface area contributed by atoms with Crippen LogP contribution in [-0.4, -0.2) is 38.8 Å². The van der Waals surface area contributed by atoms with Gasteiger partial charge >= 0.3 is 5.97 Å². The molecule has 2 heterocycles. The van der Waals surface area contributed by atoms with Crippen molar-refractivity contribution in [2.75, 3.05) is 13.1 Å². The lowest BCUT2D eigenvalue weighted by atomic mass is 9.97. The summed E-state index contributed by atoms with van der Waals surface area (Å²) in [5, 5.41) is 13.2. The Hall–Kier alpha value is -2.14. The van der Waals surface area contributed by atoms with Crippen LogP contribution < -0.4 is 0 Å². The smallest absolute Gasteiger partial charge is 0.306 e. The maximum absolute atomic E-state index is 10.9. The summed E-state index contributed by atoms with van der Waals surface area (Å²) >= 11 is 0. The first-order valence-electron chi connectivity index (χ1n) is 7.26. The van der Waals surface area contributed by atoms with Crippen molar-refractivity contribution in [2.45, 2.75) is 19.4 Å². The molecule has 1 aliphatic heterocycles. The van der Waals surface area contributed by atoms with Gasteiger partial charge in [0.2, 0.25) is 0 Å². The van der Waals surface area contributed by atoms with Gasteiger partial charge in [0, 0.05) is 18.9 Å². The highest BCUT2D eigenvalue weighted by Crippen LogP contribution is 2.19. The van der Waals surface area contributed by atoms with Gasteiger partial charge in [-0.1, -0.05) is 12.1 Å². The monoisotopic (exact) mass is 285 g/mol. The van der Waals surface area contributed by atoms with Crippen molar-refractivity contribution in [3.05, 3.63) is 48.3 Å². The molecule has 1 aliphatic rings. The largest absolute Gasteiger partial charge is 0.481 e. The molecule has 0 aliphatic carbocycles. The summed E-state index contributed by atoms with van der Waals surface area (Å²) in [6.07, 6.45) is 5.19. The van der Waals surface area contributed by atoms with Crippen LogP contribution in [-0.2, 0) is 11.3 Å². The molecule has 5 heteroatoms. The Bertz CT molecular complexity index is 584. The molecular weight excluding hydrogens is 266 g/mol. The normalized spacial score (nSPS) is 17.0. The summed E-state index contributed by atoms with van der Waals surface area (Å²) in [5.74, 6) is -0.818. The quantitative estimate of drug-likeness (QED) is 0.935. The minimum absolute atomic E-state index is 0.163. The van der Waals surface area contributed by atoms with Crippen LogP contribution in [0.15, 0.2) is 42.7 Å². The summed E-state index contributed by atoms with van der Waals surface area (Å²) in [6, 6.07) is 10.2. The first kappa shape index (κ1) is 13.8. The van der Waals surface area contributed by atoms with Gasteiger partial charge in [0.15, 0.2) is 0 Å². The van der Waals surface area contributed by atoms with Crippen molar-refractivity contribution in [2.24, 2.45) is 5.92 Å². The van der Waals surface area contributed by atoms with E-state index in [1.807, 2.05) is 16.9 Å². The summed E-state index contributed by atoms with van der Waals surface area (Å²) in [7, 11) is 0. The number of likely N-dealkylation sites (tertiary alicyclic amines) is 1. The number of hydrogen-bond acceptors (Lipinski definition) is 3. The molecule has 0 atom stereocenters. The van der Waals surface area contributed by atoms with Crippen molar-refractivity contribution in [3.63, 3.8) is 0 Å². The average molecular weight is 285 g/mol. The molecule has 0 radical (unpaired) electrons. The zero-order valence-electron chi connectivity index (χ0n) is 11.9. The molecule has 0 bridgehead atoms. The van der Waals surface area contributed by atoms with E-state index < -0.39 is 5.97 Å². The predicted octanol–water partition coefficient (Wildman–Crippen LogP) is 2.17. The lowest BCUT2D eigenvalue weighted by Gasteiger charge is -2.30. The Morgan fingerprint density at radius 3 is 2.52 bits per heavy atom. The maximum atomic E-state index is 10.9. The molecule has 110 valence electrons. The minimum Gasteiger partial charge on any atom is -0.481 e. The molecule has 5 nitrogen and oxygen atoms in total. The van der Waals surface area contributed by atoms with Gasteiger partial charge in [0.05, 0.1) is 11.6 Å². The standard InChI is InChI=1S/C16H19N3O2/c20-16(21)14-6-10-18(11-7-14)12-13-2-4-15(5-3-13)19-9-1-8-17-19/h1-5,8-9,14H,6-7,10-12H2,(H,20,21). The molecule has 0 amide bonds. The van der Waals surface area contributed by atoms with E-state index in [9.17, 15) is 4.79 Å². The van der Waals surface area contributed by atoms with Gasteiger partial charge in [-0.25, -0.2) is 4.68 Å². The molecule has 0 unspecified atom stereocenters. The highest BCUT2D eigenvalue weighted by molar-refractivity contribution is 5.70. The summed E-state index contributed by atoms with van der Waals surface area (Å²) < 4.78 is 1.84. The van der Waals surface area contributed by atoms with Crippen molar-refractivity contribution in [1.82, 2.24) is 14.7 Å². The van der Waals surface area contributed by atoms with Crippen LogP contribution in [0.5, 0.6) is 0 Å². The molecule has 1 aromatic heterocycles. The van der Waals surface area contributed by atoms with E-state index in [1.54, 1.807) is 6.20 Å². The van der Waals surface area contributed by atoms with E-state index in [0.717, 1.165) is 38.2 Å². The molecule has 2 aromatic rings. The number of carbonyl (C=O) groups is 1. The second-order valence-electron chi connectivity index (χ2n) is 5.51. The fourth-order valence-electron chi connectivity index (χ4n) is 2.77. The van der Waals surface area contributed by atoms with Crippen LogP contribution in [0.25, 0.3) is 5.69 Å². The zero-order chi connectivity index (χ0) is 14.7. The van der Waals surface area contributed by atoms with Crippen LogP contribution in [0, 0.1) is 5.92 Å². The number of benzene rings is 1. The van der Waals surface area contributed by atoms with Crippen LogP contribution in [0.4, 0.5) is 0 Å². The van der Waals surface area contributed by atoms with E-state index in [2.05, 4.69) is 34.3 Å². The van der Waals surface area contributed by atoms with Crippen molar-refractivity contribution >= 4 is 5.97 Å². The zero-order valence-corrected chi connectivity index (χ0v) is 11.9. The molecule has 1 saturated heterocycles. The Labute approximate surface area is 123 Å². The third kappa shape index (κ3) is 3.31.